The lowest BCUT2D eigenvalue weighted by molar-refractivity contribution is -0.139. The molecule has 0 saturated carbocycles. The molecule has 2 aromatic rings. The molecule has 0 aliphatic heterocycles. The zero-order valence-corrected chi connectivity index (χ0v) is 23.6. The highest BCUT2D eigenvalue weighted by molar-refractivity contribution is 9.10. The van der Waals surface area contributed by atoms with Crippen LogP contribution in [0.3, 0.4) is 0 Å². The molecule has 12 nitrogen and oxygen atoms in total. The van der Waals surface area contributed by atoms with Crippen LogP contribution in [0.2, 0.25) is 0 Å². The smallest absolute Gasteiger partial charge is 0.235 e. The van der Waals surface area contributed by atoms with Crippen molar-refractivity contribution in [3.8, 4) is 0 Å². The van der Waals surface area contributed by atoms with Gasteiger partial charge in [0.15, 0.2) is 5.78 Å². The number of hydrogen-bond acceptors (Lipinski definition) is 9. The molecular weight excluding hydrogens is 570 g/mol. The van der Waals surface area contributed by atoms with Crippen LogP contribution in [0.25, 0.3) is 0 Å². The van der Waals surface area contributed by atoms with Crippen LogP contribution >= 0.6 is 15.9 Å². The summed E-state index contributed by atoms with van der Waals surface area (Å²) >= 11 is 3.42. The number of methoxy groups -OCH3 is 1. The van der Waals surface area contributed by atoms with E-state index in [1.165, 1.54) is 27.0 Å². The third kappa shape index (κ3) is 8.24. The van der Waals surface area contributed by atoms with E-state index in [1.54, 1.807) is 30.5 Å². The first-order valence-corrected chi connectivity index (χ1v) is 13.1. The number of nitrogens with two attached hydrogens (primary N) is 1. The Hall–Kier alpha value is -4.00. The first-order chi connectivity index (χ1) is 18.5. The molecule has 0 saturated heterocycles. The lowest BCUT2D eigenvalue weighted by Crippen LogP contribution is -2.46. The Balaban J connectivity index is 1.54. The molecule has 39 heavy (non-hydrogen) atoms. The van der Waals surface area contributed by atoms with Crippen LogP contribution in [0.15, 0.2) is 46.8 Å². The molecule has 1 unspecified atom stereocenters. The third-order valence-electron chi connectivity index (χ3n) is 6.10. The maximum absolute atomic E-state index is 12.7. The molecule has 0 bridgehead atoms. The molecule has 208 valence electrons. The van der Waals surface area contributed by atoms with Crippen molar-refractivity contribution in [1.29, 1.82) is 0 Å². The summed E-state index contributed by atoms with van der Waals surface area (Å²) in [7, 11) is 1.48. The van der Waals surface area contributed by atoms with Crippen molar-refractivity contribution in [2.75, 3.05) is 36.1 Å². The number of aromatic nitrogens is 2. The minimum atomic E-state index is -1.27. The van der Waals surface area contributed by atoms with E-state index < -0.39 is 23.1 Å². The van der Waals surface area contributed by atoms with Crippen molar-refractivity contribution < 1.29 is 23.9 Å². The summed E-state index contributed by atoms with van der Waals surface area (Å²) in [6, 6.07) is 7.07. The first-order valence-electron chi connectivity index (χ1n) is 12.3. The Kier molecular flexibility index (Phi) is 9.99. The minimum Gasteiger partial charge on any atom is -0.501 e. The number of ketones is 1. The Bertz CT molecular complexity index is 1280. The fraction of sp³-hybridized carbons (Fsp3) is 0.385. The third-order valence-corrected chi connectivity index (χ3v) is 6.68. The van der Waals surface area contributed by atoms with Crippen molar-refractivity contribution in [1.82, 2.24) is 15.3 Å². The normalized spacial score (nSPS) is 15.1. The summed E-state index contributed by atoms with van der Waals surface area (Å²) < 4.78 is 5.81. The van der Waals surface area contributed by atoms with E-state index in [9.17, 15) is 19.2 Å². The van der Waals surface area contributed by atoms with Gasteiger partial charge in [0.05, 0.1) is 23.3 Å². The number of primary amides is 1. The van der Waals surface area contributed by atoms with Crippen LogP contribution in [0.4, 0.5) is 23.1 Å². The Labute approximate surface area is 234 Å². The Morgan fingerprint density at radius 2 is 1.92 bits per heavy atom. The van der Waals surface area contributed by atoms with Gasteiger partial charge in [0, 0.05) is 49.6 Å². The fourth-order valence-electron chi connectivity index (χ4n) is 3.61. The maximum Gasteiger partial charge on any atom is 0.235 e. The van der Waals surface area contributed by atoms with E-state index in [0.717, 1.165) is 0 Å². The van der Waals surface area contributed by atoms with Gasteiger partial charge < -0.3 is 31.7 Å². The number of amides is 3. The molecule has 0 radical (unpaired) electrons. The molecule has 1 aliphatic carbocycles. The molecular formula is C26H32BrN7O5. The van der Waals surface area contributed by atoms with Crippen LogP contribution in [0.1, 0.15) is 33.1 Å². The van der Waals surface area contributed by atoms with Crippen LogP contribution in [-0.2, 0) is 23.9 Å². The monoisotopic (exact) mass is 601 g/mol. The molecule has 1 aromatic heterocycles. The lowest BCUT2D eigenvalue weighted by atomic mass is 9.91. The number of carbonyl (C=O) groups excluding carboxylic acids is 4. The summed E-state index contributed by atoms with van der Waals surface area (Å²) in [5.41, 5.74) is 5.20. The van der Waals surface area contributed by atoms with Crippen molar-refractivity contribution in [2.45, 2.75) is 33.1 Å². The van der Waals surface area contributed by atoms with Gasteiger partial charge in [-0.15, -0.1) is 0 Å². The zero-order chi connectivity index (χ0) is 28.6. The molecule has 1 heterocycles. The molecule has 0 spiro atoms. The molecule has 1 aromatic carbocycles. The number of hydrogen-bond donors (Lipinski definition) is 5. The van der Waals surface area contributed by atoms with E-state index in [2.05, 4.69) is 47.2 Å². The number of nitrogens with one attached hydrogen (secondary N) is 4. The maximum atomic E-state index is 12.7. The number of nitrogens with zero attached hydrogens (tertiary/aromatic N) is 2. The molecule has 13 heteroatoms. The number of carbonyl (C=O) groups is 4. The molecule has 1 aliphatic rings. The Morgan fingerprint density at radius 3 is 2.64 bits per heavy atom. The summed E-state index contributed by atoms with van der Waals surface area (Å²) in [4.78, 5) is 56.9. The second-order valence-electron chi connectivity index (χ2n) is 9.50. The zero-order valence-electron chi connectivity index (χ0n) is 22.0. The van der Waals surface area contributed by atoms with Crippen LogP contribution in [-0.4, -0.2) is 53.7 Å². The van der Waals surface area contributed by atoms with Gasteiger partial charge in [-0.3, -0.25) is 19.2 Å². The van der Waals surface area contributed by atoms with Gasteiger partial charge in [0.2, 0.25) is 23.7 Å². The van der Waals surface area contributed by atoms with Crippen LogP contribution < -0.4 is 27.0 Å². The topological polar surface area (TPSA) is 177 Å². The molecule has 0 fully saturated rings. The molecule has 3 rings (SSSR count). The summed E-state index contributed by atoms with van der Waals surface area (Å²) in [6.07, 6.45) is 4.11. The van der Waals surface area contributed by atoms with E-state index in [0.29, 0.717) is 59.3 Å². The molecule has 6 N–H and O–H groups in total. The Morgan fingerprint density at radius 1 is 1.18 bits per heavy atom. The SMILES string of the molecule is COC1=CC(=O)CC(C(=O)Nc2cccc(Nc3ncc(Br)c(NCCCNC(=O)C(C)(C)C(N)=O)n3)c2)C1. The summed E-state index contributed by atoms with van der Waals surface area (Å²) in [5.74, 6) is -0.637. The largest absolute Gasteiger partial charge is 0.501 e. The second kappa shape index (κ2) is 13.2. The minimum absolute atomic E-state index is 0.136. The van der Waals surface area contributed by atoms with Gasteiger partial charge in [-0.25, -0.2) is 4.98 Å². The van der Waals surface area contributed by atoms with E-state index >= 15 is 0 Å². The quantitative estimate of drug-likeness (QED) is 0.181. The van der Waals surface area contributed by atoms with Gasteiger partial charge >= 0.3 is 0 Å². The molecule has 1 atom stereocenters. The van der Waals surface area contributed by atoms with Gasteiger partial charge in [-0.1, -0.05) is 6.07 Å². The fourth-order valence-corrected chi connectivity index (χ4v) is 3.94. The van der Waals surface area contributed by atoms with Crippen LogP contribution in [0, 0.1) is 11.3 Å². The van der Waals surface area contributed by atoms with Gasteiger partial charge in [-0.2, -0.15) is 4.98 Å². The number of rotatable bonds is 12. The number of benzene rings is 1. The second-order valence-corrected chi connectivity index (χ2v) is 10.4. The predicted octanol–water partition coefficient (Wildman–Crippen LogP) is 2.86. The number of halogens is 1. The van der Waals surface area contributed by atoms with Crippen molar-refractivity contribution in [2.24, 2.45) is 17.1 Å². The van der Waals surface area contributed by atoms with E-state index in [-0.39, 0.29) is 18.1 Å². The average Bonchev–Trinajstić information content (AvgIpc) is 2.89. The van der Waals surface area contributed by atoms with E-state index in [4.69, 9.17) is 10.5 Å². The van der Waals surface area contributed by atoms with E-state index in [1.807, 2.05) is 0 Å². The summed E-state index contributed by atoms with van der Waals surface area (Å²) in [6.45, 7) is 3.81. The number of anilines is 4. The van der Waals surface area contributed by atoms with Crippen LogP contribution in [0.5, 0.6) is 0 Å². The van der Waals surface area contributed by atoms with Crippen molar-refractivity contribution in [3.63, 3.8) is 0 Å². The average molecular weight is 602 g/mol. The van der Waals surface area contributed by atoms with Crippen molar-refractivity contribution in [3.05, 3.63) is 46.8 Å². The molecule has 3 amide bonds. The van der Waals surface area contributed by atoms with Crippen molar-refractivity contribution >= 4 is 62.6 Å². The number of ether oxygens (including phenoxy) is 1. The highest BCUT2D eigenvalue weighted by Crippen LogP contribution is 2.26. The number of allylic oxidation sites excluding steroid dienone is 2. The first kappa shape index (κ1) is 29.6. The van der Waals surface area contributed by atoms with Gasteiger partial charge in [-0.05, 0) is 54.4 Å². The highest BCUT2D eigenvalue weighted by atomic mass is 79.9. The van der Waals surface area contributed by atoms with Gasteiger partial charge in [0.25, 0.3) is 0 Å². The summed E-state index contributed by atoms with van der Waals surface area (Å²) in [5, 5.41) is 11.9. The van der Waals surface area contributed by atoms with Gasteiger partial charge in [0.1, 0.15) is 11.2 Å². The predicted molar refractivity (Wildman–Crippen MR) is 150 cm³/mol. The highest BCUT2D eigenvalue weighted by Gasteiger charge is 2.33. The lowest BCUT2D eigenvalue weighted by Gasteiger charge is -2.20. The standard InChI is InChI=1S/C26H32BrN7O5/c1-26(2,23(28)37)24(38)30-9-5-8-29-21-20(27)14-31-25(34-21)33-17-7-4-6-16(12-17)32-22(36)15-10-18(35)13-19(11-15)39-3/h4,6-7,12-15H,5,8-11H2,1-3H3,(H2,28,37)(H,30,38)(H,32,36)(H2,29,31,33,34).